The number of fused-ring (bicyclic) bond motifs is 1. The van der Waals surface area contributed by atoms with E-state index in [1.807, 2.05) is 0 Å². The van der Waals surface area contributed by atoms with Gasteiger partial charge in [0.05, 0.1) is 18.1 Å². The van der Waals surface area contributed by atoms with Gasteiger partial charge in [0.2, 0.25) is 11.2 Å². The number of halogens is 3. The number of phenols is 1. The Balaban J connectivity index is 2.31. The highest BCUT2D eigenvalue weighted by molar-refractivity contribution is 5.83. The molecule has 0 bridgehead atoms. The number of methoxy groups -OCH3 is 1. The fourth-order valence-corrected chi connectivity index (χ4v) is 2.85. The van der Waals surface area contributed by atoms with Gasteiger partial charge in [-0.05, 0) is 38.4 Å². The summed E-state index contributed by atoms with van der Waals surface area (Å²) in [5.74, 6) is -2.79. The number of nitrogens with zero attached hydrogens (tertiary/aromatic N) is 1. The summed E-state index contributed by atoms with van der Waals surface area (Å²) < 4.78 is 56.7. The molecule has 0 spiro atoms. The fraction of sp³-hybridized carbons (Fsp3) is 0.250. The first kappa shape index (κ1) is 20.5. The van der Waals surface area contributed by atoms with E-state index in [-0.39, 0.29) is 40.3 Å². The number of alkyl halides is 3. The third-order valence-electron chi connectivity index (χ3n) is 4.11. The Morgan fingerprint density at radius 2 is 1.76 bits per heavy atom. The van der Waals surface area contributed by atoms with Crippen molar-refractivity contribution in [3.05, 3.63) is 57.9 Å². The molecule has 0 aliphatic rings. The van der Waals surface area contributed by atoms with Crippen molar-refractivity contribution in [2.45, 2.75) is 12.7 Å². The van der Waals surface area contributed by atoms with E-state index in [1.54, 1.807) is 25.1 Å². The number of hydrogen-bond acceptors (Lipinski definition) is 6. The number of phenolic OH excluding ortho intramolecular Hbond substituents is 1. The molecule has 0 unspecified atom stereocenters. The van der Waals surface area contributed by atoms with E-state index in [2.05, 4.69) is 0 Å². The summed E-state index contributed by atoms with van der Waals surface area (Å²) in [5.41, 5.74) is -1.29. The topological polar surface area (TPSA) is 72.1 Å². The Morgan fingerprint density at radius 1 is 1.10 bits per heavy atom. The van der Waals surface area contributed by atoms with Crippen molar-refractivity contribution >= 4 is 11.0 Å². The summed E-state index contributed by atoms with van der Waals surface area (Å²) in [6.07, 6.45) is -5.01. The summed E-state index contributed by atoms with van der Waals surface area (Å²) >= 11 is 0. The molecule has 0 atom stereocenters. The van der Waals surface area contributed by atoms with Gasteiger partial charge < -0.3 is 23.9 Å². The lowest BCUT2D eigenvalue weighted by atomic mass is 10.1. The largest absolute Gasteiger partial charge is 0.507 e. The van der Waals surface area contributed by atoms with E-state index >= 15 is 0 Å². The van der Waals surface area contributed by atoms with Crippen LogP contribution in [-0.2, 0) is 12.7 Å². The molecule has 9 heteroatoms. The minimum atomic E-state index is -5.01. The zero-order valence-electron chi connectivity index (χ0n) is 15.8. The van der Waals surface area contributed by atoms with Crippen molar-refractivity contribution < 1.29 is 32.2 Å². The van der Waals surface area contributed by atoms with Crippen LogP contribution in [0.5, 0.6) is 23.0 Å². The molecule has 1 aromatic heterocycles. The Labute approximate surface area is 163 Å². The Morgan fingerprint density at radius 3 is 2.34 bits per heavy atom. The first-order chi connectivity index (χ1) is 13.6. The van der Waals surface area contributed by atoms with Crippen molar-refractivity contribution in [1.29, 1.82) is 0 Å². The fourth-order valence-electron chi connectivity index (χ4n) is 2.85. The second-order valence-corrected chi connectivity index (χ2v) is 6.52. The molecule has 6 nitrogen and oxygen atoms in total. The van der Waals surface area contributed by atoms with Gasteiger partial charge in [0.15, 0.2) is 11.5 Å². The van der Waals surface area contributed by atoms with Crippen molar-refractivity contribution in [3.63, 3.8) is 0 Å². The predicted molar refractivity (Wildman–Crippen MR) is 99.6 cm³/mol. The van der Waals surface area contributed by atoms with Crippen molar-refractivity contribution in [3.8, 4) is 23.0 Å². The van der Waals surface area contributed by atoms with Gasteiger partial charge in [0.25, 0.3) is 5.76 Å². The van der Waals surface area contributed by atoms with E-state index in [0.29, 0.717) is 0 Å². The monoisotopic (exact) mass is 409 g/mol. The van der Waals surface area contributed by atoms with E-state index in [1.165, 1.54) is 37.4 Å². The number of ether oxygens (including phenoxy) is 2. The quantitative estimate of drug-likeness (QED) is 0.674. The summed E-state index contributed by atoms with van der Waals surface area (Å²) in [6.45, 7) is 0.0656. The first-order valence-electron chi connectivity index (χ1n) is 8.48. The molecule has 0 saturated carbocycles. The standard InChI is InChI=1S/C20H18F3NO5/c1-24(2)10-12-13(25)9-8-11-16(26)18(19(20(21,22)23)29-17(11)12)28-15-7-5-4-6-14(15)27-3/h4-9,25H,10H2,1-3H3. The smallest absolute Gasteiger partial charge is 0.453 e. The Bertz CT molecular complexity index is 1110. The van der Waals surface area contributed by atoms with Crippen LogP contribution in [0.4, 0.5) is 13.2 Å². The van der Waals surface area contributed by atoms with Crippen LogP contribution in [0.1, 0.15) is 11.3 Å². The van der Waals surface area contributed by atoms with Gasteiger partial charge in [-0.3, -0.25) is 4.79 Å². The molecule has 1 heterocycles. The molecule has 0 aliphatic heterocycles. The lowest BCUT2D eigenvalue weighted by Crippen LogP contribution is -2.17. The minimum Gasteiger partial charge on any atom is -0.507 e. The second-order valence-electron chi connectivity index (χ2n) is 6.52. The van der Waals surface area contributed by atoms with Crippen molar-refractivity contribution in [1.82, 2.24) is 4.90 Å². The summed E-state index contributed by atoms with van der Waals surface area (Å²) in [6, 6.07) is 8.43. The first-order valence-corrected chi connectivity index (χ1v) is 8.48. The number of rotatable bonds is 5. The molecule has 0 aliphatic carbocycles. The van der Waals surface area contributed by atoms with Gasteiger partial charge in [-0.15, -0.1) is 0 Å². The van der Waals surface area contributed by atoms with Crippen LogP contribution in [0.15, 0.2) is 45.6 Å². The normalized spacial score (nSPS) is 11.8. The average Bonchev–Trinajstić information content (AvgIpc) is 2.65. The van der Waals surface area contributed by atoms with Crippen LogP contribution >= 0.6 is 0 Å². The molecular weight excluding hydrogens is 391 g/mol. The van der Waals surface area contributed by atoms with Gasteiger partial charge in [0.1, 0.15) is 11.3 Å². The van der Waals surface area contributed by atoms with Crippen LogP contribution in [-0.4, -0.2) is 31.2 Å². The zero-order valence-corrected chi connectivity index (χ0v) is 15.8. The van der Waals surface area contributed by atoms with Gasteiger partial charge in [-0.25, -0.2) is 0 Å². The van der Waals surface area contributed by atoms with E-state index in [9.17, 15) is 23.1 Å². The van der Waals surface area contributed by atoms with Gasteiger partial charge in [-0.2, -0.15) is 13.2 Å². The number of para-hydroxylation sites is 2. The van der Waals surface area contributed by atoms with Gasteiger partial charge >= 0.3 is 6.18 Å². The van der Waals surface area contributed by atoms with E-state index in [4.69, 9.17) is 13.9 Å². The van der Waals surface area contributed by atoms with Crippen molar-refractivity contribution in [2.24, 2.45) is 0 Å². The molecular formula is C20H18F3NO5. The highest BCUT2D eigenvalue weighted by Crippen LogP contribution is 2.41. The average molecular weight is 409 g/mol. The van der Waals surface area contributed by atoms with Crippen LogP contribution in [0.3, 0.4) is 0 Å². The maximum absolute atomic E-state index is 13.7. The third-order valence-corrected chi connectivity index (χ3v) is 4.11. The lowest BCUT2D eigenvalue weighted by molar-refractivity contribution is -0.154. The summed E-state index contributed by atoms with van der Waals surface area (Å²) in [5, 5.41) is 9.96. The van der Waals surface area contributed by atoms with Crippen molar-refractivity contribution in [2.75, 3.05) is 21.2 Å². The molecule has 0 fully saturated rings. The maximum Gasteiger partial charge on any atom is 0.453 e. The van der Waals surface area contributed by atoms with Gasteiger partial charge in [0, 0.05) is 6.54 Å². The molecule has 3 aromatic rings. The lowest BCUT2D eigenvalue weighted by Gasteiger charge is -2.17. The SMILES string of the molecule is COc1ccccc1Oc1c(C(F)(F)F)oc2c(CN(C)C)c(O)ccc2c1=O. The number of hydrogen-bond donors (Lipinski definition) is 1. The van der Waals surface area contributed by atoms with E-state index in [0.717, 1.165) is 0 Å². The number of benzene rings is 2. The van der Waals surface area contributed by atoms with Crippen LogP contribution in [0, 0.1) is 0 Å². The maximum atomic E-state index is 13.7. The predicted octanol–water partition coefficient (Wildman–Crippen LogP) is 4.38. The molecule has 0 saturated heterocycles. The molecule has 154 valence electrons. The molecule has 0 amide bonds. The molecule has 1 N–H and O–H groups in total. The summed E-state index contributed by atoms with van der Waals surface area (Å²) in [4.78, 5) is 14.6. The molecule has 29 heavy (non-hydrogen) atoms. The second kappa shape index (κ2) is 7.67. The van der Waals surface area contributed by atoms with Crippen LogP contribution < -0.4 is 14.9 Å². The minimum absolute atomic E-state index is 0.0656. The number of aromatic hydroxyl groups is 1. The Hall–Kier alpha value is -3.20. The summed E-state index contributed by atoms with van der Waals surface area (Å²) in [7, 11) is 4.66. The van der Waals surface area contributed by atoms with Crippen LogP contribution in [0.2, 0.25) is 0 Å². The Kier molecular flexibility index (Phi) is 5.43. The highest BCUT2D eigenvalue weighted by atomic mass is 19.4. The molecule has 0 radical (unpaired) electrons. The molecule has 2 aromatic carbocycles. The molecule has 3 rings (SSSR count). The zero-order chi connectivity index (χ0) is 21.3. The van der Waals surface area contributed by atoms with E-state index < -0.39 is 23.1 Å². The third kappa shape index (κ3) is 4.00. The highest BCUT2D eigenvalue weighted by Gasteiger charge is 2.41. The van der Waals surface area contributed by atoms with Gasteiger partial charge in [-0.1, -0.05) is 12.1 Å². The van der Waals surface area contributed by atoms with Crippen LogP contribution in [0.25, 0.3) is 11.0 Å².